The molecule has 4 nitrogen and oxygen atoms in total. The van der Waals surface area contributed by atoms with Gasteiger partial charge in [0.2, 0.25) is 0 Å². The molecular weight excluding hydrogens is 248 g/mol. The van der Waals surface area contributed by atoms with Gasteiger partial charge in [-0.15, -0.1) is 0 Å². The molecule has 0 spiro atoms. The van der Waals surface area contributed by atoms with E-state index in [0.717, 1.165) is 31.2 Å². The average molecular weight is 270 g/mol. The van der Waals surface area contributed by atoms with Crippen molar-refractivity contribution in [1.29, 1.82) is 0 Å². The van der Waals surface area contributed by atoms with Gasteiger partial charge < -0.3 is 5.32 Å². The molecule has 1 aliphatic carbocycles. The lowest BCUT2D eigenvalue weighted by molar-refractivity contribution is 0.675. The molecule has 0 unspecified atom stereocenters. The molecule has 1 saturated carbocycles. The molecule has 2 aromatic heterocycles. The highest BCUT2D eigenvalue weighted by molar-refractivity contribution is 5.31. The van der Waals surface area contributed by atoms with Crippen LogP contribution in [0.25, 0.3) is 5.82 Å². The van der Waals surface area contributed by atoms with Crippen molar-refractivity contribution in [3.63, 3.8) is 0 Å². The van der Waals surface area contributed by atoms with Crippen LogP contribution in [0.5, 0.6) is 0 Å². The zero-order valence-corrected chi connectivity index (χ0v) is 12.3. The predicted molar refractivity (Wildman–Crippen MR) is 80.0 cm³/mol. The van der Waals surface area contributed by atoms with E-state index in [1.807, 2.05) is 23.1 Å². The fourth-order valence-electron chi connectivity index (χ4n) is 2.43. The van der Waals surface area contributed by atoms with Gasteiger partial charge in [0.25, 0.3) is 0 Å². The lowest BCUT2D eigenvalue weighted by atomic mass is 10.1. The van der Waals surface area contributed by atoms with E-state index in [-0.39, 0.29) is 0 Å². The molecule has 0 bridgehead atoms. The standard InChI is InChI=1S/C16H22N4/c1-3-4-15-13(10-18-14-5-6-14)11-19-20(15)16-9-12(2)7-8-17-16/h7-9,11,14,18H,3-6,10H2,1-2H3. The Morgan fingerprint density at radius 2 is 2.25 bits per heavy atom. The third-order valence-corrected chi connectivity index (χ3v) is 3.72. The maximum Gasteiger partial charge on any atom is 0.153 e. The van der Waals surface area contributed by atoms with Gasteiger partial charge in [-0.25, -0.2) is 9.67 Å². The minimum atomic E-state index is 0.727. The maximum absolute atomic E-state index is 4.56. The summed E-state index contributed by atoms with van der Waals surface area (Å²) in [6.45, 7) is 5.22. The van der Waals surface area contributed by atoms with Gasteiger partial charge >= 0.3 is 0 Å². The summed E-state index contributed by atoms with van der Waals surface area (Å²) in [5.74, 6) is 0.922. The second kappa shape index (κ2) is 5.75. The molecule has 0 radical (unpaired) electrons. The molecule has 4 heteroatoms. The van der Waals surface area contributed by atoms with E-state index < -0.39 is 0 Å². The van der Waals surface area contributed by atoms with Gasteiger partial charge in [-0.2, -0.15) is 5.10 Å². The molecule has 0 aromatic carbocycles. The highest BCUT2D eigenvalue weighted by Crippen LogP contribution is 2.21. The Hall–Kier alpha value is -1.68. The zero-order chi connectivity index (χ0) is 13.9. The number of nitrogens with one attached hydrogen (secondary N) is 1. The summed E-state index contributed by atoms with van der Waals surface area (Å²) in [4.78, 5) is 4.45. The lowest BCUT2D eigenvalue weighted by Crippen LogP contribution is -2.16. The summed E-state index contributed by atoms with van der Waals surface area (Å²) in [5.41, 5.74) is 3.81. The molecule has 1 N–H and O–H groups in total. The van der Waals surface area contributed by atoms with Crippen LogP contribution in [0.1, 0.15) is 43.0 Å². The topological polar surface area (TPSA) is 42.7 Å². The zero-order valence-electron chi connectivity index (χ0n) is 12.3. The first kappa shape index (κ1) is 13.3. The first-order valence-electron chi connectivity index (χ1n) is 7.50. The molecule has 3 rings (SSSR count). The highest BCUT2D eigenvalue weighted by atomic mass is 15.3. The first-order chi connectivity index (χ1) is 9.78. The molecule has 0 atom stereocenters. The van der Waals surface area contributed by atoms with Crippen LogP contribution in [0.15, 0.2) is 24.5 Å². The van der Waals surface area contributed by atoms with Gasteiger partial charge in [-0.3, -0.25) is 0 Å². The van der Waals surface area contributed by atoms with Crippen LogP contribution < -0.4 is 5.32 Å². The van der Waals surface area contributed by atoms with Crippen molar-refractivity contribution in [1.82, 2.24) is 20.1 Å². The molecule has 106 valence electrons. The predicted octanol–water partition coefficient (Wildman–Crippen LogP) is 2.78. The Bertz CT molecular complexity index is 584. The summed E-state index contributed by atoms with van der Waals surface area (Å²) < 4.78 is 2.00. The van der Waals surface area contributed by atoms with E-state index >= 15 is 0 Å². The lowest BCUT2D eigenvalue weighted by Gasteiger charge is -2.09. The number of hydrogen-bond donors (Lipinski definition) is 1. The fourth-order valence-corrected chi connectivity index (χ4v) is 2.43. The van der Waals surface area contributed by atoms with Crippen molar-refractivity contribution >= 4 is 0 Å². The van der Waals surface area contributed by atoms with Gasteiger partial charge in [-0.1, -0.05) is 13.3 Å². The number of nitrogens with zero attached hydrogens (tertiary/aromatic N) is 3. The quantitative estimate of drug-likeness (QED) is 0.877. The molecule has 2 aromatic rings. The molecule has 0 amide bonds. The van der Waals surface area contributed by atoms with E-state index in [4.69, 9.17) is 0 Å². The smallest absolute Gasteiger partial charge is 0.153 e. The Balaban J connectivity index is 1.88. The molecule has 1 aliphatic rings. The van der Waals surface area contributed by atoms with Crippen LogP contribution in [0.3, 0.4) is 0 Å². The van der Waals surface area contributed by atoms with Crippen molar-refractivity contribution in [2.24, 2.45) is 0 Å². The van der Waals surface area contributed by atoms with Gasteiger partial charge in [0.15, 0.2) is 5.82 Å². The van der Waals surface area contributed by atoms with Gasteiger partial charge in [0, 0.05) is 24.3 Å². The highest BCUT2D eigenvalue weighted by Gasteiger charge is 2.21. The van der Waals surface area contributed by atoms with Crippen LogP contribution in [-0.2, 0) is 13.0 Å². The van der Waals surface area contributed by atoms with E-state index in [1.54, 1.807) is 0 Å². The van der Waals surface area contributed by atoms with E-state index in [0.29, 0.717) is 0 Å². The van der Waals surface area contributed by atoms with E-state index in [1.165, 1.54) is 29.7 Å². The minimum absolute atomic E-state index is 0.727. The molecule has 2 heterocycles. The van der Waals surface area contributed by atoms with Crippen LogP contribution in [0.4, 0.5) is 0 Å². The number of rotatable bonds is 6. The summed E-state index contributed by atoms with van der Waals surface area (Å²) in [5, 5.41) is 8.13. The van der Waals surface area contributed by atoms with Crippen LogP contribution in [0.2, 0.25) is 0 Å². The third-order valence-electron chi connectivity index (χ3n) is 3.72. The molecule has 0 aliphatic heterocycles. The Kier molecular flexibility index (Phi) is 3.83. The average Bonchev–Trinajstić information content (AvgIpc) is 3.19. The second-order valence-electron chi connectivity index (χ2n) is 5.62. The van der Waals surface area contributed by atoms with Crippen LogP contribution >= 0.6 is 0 Å². The number of aromatic nitrogens is 3. The Morgan fingerprint density at radius 3 is 2.95 bits per heavy atom. The summed E-state index contributed by atoms with van der Waals surface area (Å²) in [7, 11) is 0. The Morgan fingerprint density at radius 1 is 1.40 bits per heavy atom. The van der Waals surface area contributed by atoms with E-state index in [9.17, 15) is 0 Å². The monoisotopic (exact) mass is 270 g/mol. The largest absolute Gasteiger partial charge is 0.310 e. The summed E-state index contributed by atoms with van der Waals surface area (Å²) in [6.07, 6.45) is 8.63. The van der Waals surface area contributed by atoms with Crippen LogP contribution in [-0.4, -0.2) is 20.8 Å². The van der Waals surface area contributed by atoms with Crippen molar-refractivity contribution in [2.75, 3.05) is 0 Å². The fraction of sp³-hybridized carbons (Fsp3) is 0.500. The van der Waals surface area contributed by atoms with Gasteiger partial charge in [0.05, 0.1) is 11.9 Å². The van der Waals surface area contributed by atoms with Crippen molar-refractivity contribution in [3.8, 4) is 5.82 Å². The van der Waals surface area contributed by atoms with Crippen molar-refractivity contribution in [2.45, 2.75) is 52.1 Å². The molecule has 0 saturated heterocycles. The normalized spacial score (nSPS) is 14.7. The molecule has 20 heavy (non-hydrogen) atoms. The first-order valence-corrected chi connectivity index (χ1v) is 7.50. The van der Waals surface area contributed by atoms with Gasteiger partial charge in [0.1, 0.15) is 0 Å². The number of pyridine rings is 1. The number of aryl methyl sites for hydroxylation is 1. The minimum Gasteiger partial charge on any atom is -0.310 e. The maximum atomic E-state index is 4.56. The van der Waals surface area contributed by atoms with Crippen LogP contribution in [0, 0.1) is 6.92 Å². The summed E-state index contributed by atoms with van der Waals surface area (Å²) >= 11 is 0. The molecular formula is C16H22N4. The Labute approximate surface area is 120 Å². The third kappa shape index (κ3) is 2.90. The van der Waals surface area contributed by atoms with E-state index in [2.05, 4.69) is 35.3 Å². The SMILES string of the molecule is CCCc1c(CNC2CC2)cnn1-c1cc(C)ccn1. The van der Waals surface area contributed by atoms with Gasteiger partial charge in [-0.05, 0) is 43.9 Å². The second-order valence-corrected chi connectivity index (χ2v) is 5.62. The van der Waals surface area contributed by atoms with Crippen molar-refractivity contribution in [3.05, 3.63) is 41.3 Å². The summed E-state index contributed by atoms with van der Waals surface area (Å²) in [6, 6.07) is 4.83. The molecule has 1 fully saturated rings. The number of hydrogen-bond acceptors (Lipinski definition) is 3. The van der Waals surface area contributed by atoms with Crippen molar-refractivity contribution < 1.29 is 0 Å².